The first-order valence-corrected chi connectivity index (χ1v) is 10.7. The summed E-state index contributed by atoms with van der Waals surface area (Å²) in [5.41, 5.74) is 3.22. The van der Waals surface area contributed by atoms with E-state index in [2.05, 4.69) is 25.9 Å². The Bertz CT molecular complexity index is 1210. The van der Waals surface area contributed by atoms with Crippen LogP contribution >= 0.6 is 11.6 Å². The molecule has 0 aliphatic carbocycles. The Hall–Kier alpha value is -3.91. The molecule has 1 amide bonds. The Morgan fingerprint density at radius 3 is 2.55 bits per heavy atom. The standard InChI is InChI=1S/C24H23ClN6O2/c1-33-21-10-6-18(7-11-21)15-31-16-20(29-30-31)14-28-24(32)22-3-2-12-26-23(22)27-13-17-4-8-19(25)9-5-17/h2-12,16H,13-15H2,1H3,(H,26,27)(H,28,32). The van der Waals surface area contributed by atoms with Crippen molar-refractivity contribution < 1.29 is 9.53 Å². The van der Waals surface area contributed by atoms with E-state index in [0.29, 0.717) is 35.2 Å². The molecule has 2 N–H and O–H groups in total. The number of carbonyl (C=O) groups is 1. The quantitative estimate of drug-likeness (QED) is 0.391. The lowest BCUT2D eigenvalue weighted by molar-refractivity contribution is 0.0951. The van der Waals surface area contributed by atoms with Crippen LogP contribution in [-0.4, -0.2) is 33.0 Å². The van der Waals surface area contributed by atoms with Gasteiger partial charge in [-0.25, -0.2) is 9.67 Å². The molecule has 0 unspecified atom stereocenters. The predicted octanol–water partition coefficient (Wildman–Crippen LogP) is 3.93. The highest BCUT2D eigenvalue weighted by molar-refractivity contribution is 6.30. The van der Waals surface area contributed by atoms with Crippen molar-refractivity contribution >= 4 is 23.3 Å². The van der Waals surface area contributed by atoms with Crippen LogP contribution in [0.3, 0.4) is 0 Å². The van der Waals surface area contributed by atoms with Crippen molar-refractivity contribution in [1.82, 2.24) is 25.3 Å². The van der Waals surface area contributed by atoms with Gasteiger partial charge >= 0.3 is 0 Å². The zero-order valence-corrected chi connectivity index (χ0v) is 18.8. The summed E-state index contributed by atoms with van der Waals surface area (Å²) in [7, 11) is 1.64. The highest BCUT2D eigenvalue weighted by atomic mass is 35.5. The van der Waals surface area contributed by atoms with Crippen molar-refractivity contribution in [3.8, 4) is 5.75 Å². The number of anilines is 1. The van der Waals surface area contributed by atoms with Crippen molar-refractivity contribution in [2.75, 3.05) is 12.4 Å². The second-order valence-electron chi connectivity index (χ2n) is 7.32. The Balaban J connectivity index is 1.33. The molecule has 2 aromatic heterocycles. The largest absolute Gasteiger partial charge is 0.497 e. The first kappa shape index (κ1) is 22.3. The number of nitrogens with zero attached hydrogens (tertiary/aromatic N) is 4. The number of aromatic nitrogens is 4. The van der Waals surface area contributed by atoms with E-state index in [4.69, 9.17) is 16.3 Å². The number of rotatable bonds is 9. The Kier molecular flexibility index (Phi) is 7.16. The molecule has 0 saturated carbocycles. The van der Waals surface area contributed by atoms with Gasteiger partial charge in [0.2, 0.25) is 0 Å². The molecule has 9 heteroatoms. The molecule has 0 aliphatic rings. The van der Waals surface area contributed by atoms with Gasteiger partial charge in [-0.3, -0.25) is 4.79 Å². The summed E-state index contributed by atoms with van der Waals surface area (Å²) in [5.74, 6) is 1.07. The van der Waals surface area contributed by atoms with Crippen molar-refractivity contribution in [3.63, 3.8) is 0 Å². The van der Waals surface area contributed by atoms with Gasteiger partial charge < -0.3 is 15.4 Å². The summed E-state index contributed by atoms with van der Waals surface area (Å²) in [4.78, 5) is 17.1. The molecule has 2 aromatic carbocycles. The van der Waals surface area contributed by atoms with Crippen LogP contribution in [0.1, 0.15) is 27.2 Å². The molecular formula is C24H23ClN6O2. The molecule has 4 rings (SSSR count). The van der Waals surface area contributed by atoms with Gasteiger partial charge in [0.15, 0.2) is 0 Å². The summed E-state index contributed by atoms with van der Waals surface area (Å²) >= 11 is 5.93. The molecule has 0 saturated heterocycles. The van der Waals surface area contributed by atoms with Gasteiger partial charge in [-0.15, -0.1) is 5.10 Å². The molecule has 0 radical (unpaired) electrons. The number of benzene rings is 2. The predicted molar refractivity (Wildman–Crippen MR) is 126 cm³/mol. The maximum Gasteiger partial charge on any atom is 0.255 e. The van der Waals surface area contributed by atoms with Crippen LogP contribution < -0.4 is 15.4 Å². The molecule has 33 heavy (non-hydrogen) atoms. The van der Waals surface area contributed by atoms with Gasteiger partial charge in [-0.05, 0) is 47.5 Å². The van der Waals surface area contributed by atoms with Crippen LogP contribution in [0, 0.1) is 0 Å². The second kappa shape index (κ2) is 10.6. The SMILES string of the molecule is COc1ccc(Cn2cc(CNC(=O)c3cccnc3NCc3ccc(Cl)cc3)nn2)cc1. The first-order valence-electron chi connectivity index (χ1n) is 10.3. The Labute approximate surface area is 196 Å². The van der Waals surface area contributed by atoms with Crippen molar-refractivity contribution in [2.45, 2.75) is 19.6 Å². The minimum Gasteiger partial charge on any atom is -0.497 e. The lowest BCUT2D eigenvalue weighted by Gasteiger charge is -2.11. The summed E-state index contributed by atoms with van der Waals surface area (Å²) in [6.45, 7) is 1.35. The third-order valence-corrected chi connectivity index (χ3v) is 5.20. The molecule has 0 bridgehead atoms. The molecule has 0 fully saturated rings. The molecule has 4 aromatic rings. The minimum atomic E-state index is -0.244. The van der Waals surface area contributed by atoms with Crippen LogP contribution in [-0.2, 0) is 19.6 Å². The third kappa shape index (κ3) is 6.08. The molecule has 168 valence electrons. The van der Waals surface area contributed by atoms with Crippen LogP contribution in [0.2, 0.25) is 5.02 Å². The zero-order chi connectivity index (χ0) is 23.0. The Morgan fingerprint density at radius 2 is 1.79 bits per heavy atom. The molecule has 2 heterocycles. The number of carbonyl (C=O) groups excluding carboxylic acids is 1. The van der Waals surface area contributed by atoms with Crippen LogP contribution in [0.15, 0.2) is 73.1 Å². The number of hydrogen-bond donors (Lipinski definition) is 2. The van der Waals surface area contributed by atoms with Gasteiger partial charge in [0.05, 0.1) is 32.0 Å². The van der Waals surface area contributed by atoms with Crippen LogP contribution in [0.4, 0.5) is 5.82 Å². The van der Waals surface area contributed by atoms with E-state index in [1.165, 1.54) is 0 Å². The number of nitrogens with one attached hydrogen (secondary N) is 2. The lowest BCUT2D eigenvalue weighted by Crippen LogP contribution is -2.24. The topological polar surface area (TPSA) is 94.0 Å². The second-order valence-corrected chi connectivity index (χ2v) is 7.75. The van der Waals surface area contributed by atoms with Crippen LogP contribution in [0.5, 0.6) is 5.75 Å². The van der Waals surface area contributed by atoms with E-state index < -0.39 is 0 Å². The minimum absolute atomic E-state index is 0.244. The monoisotopic (exact) mass is 462 g/mol. The van der Waals surface area contributed by atoms with E-state index in [9.17, 15) is 4.79 Å². The Morgan fingerprint density at radius 1 is 1.03 bits per heavy atom. The zero-order valence-electron chi connectivity index (χ0n) is 18.0. The molecule has 8 nitrogen and oxygen atoms in total. The van der Waals surface area contributed by atoms with Crippen molar-refractivity contribution in [1.29, 1.82) is 0 Å². The molecule has 0 atom stereocenters. The fraction of sp³-hybridized carbons (Fsp3) is 0.167. The van der Waals surface area contributed by atoms with Crippen LogP contribution in [0.25, 0.3) is 0 Å². The van der Waals surface area contributed by atoms with Gasteiger partial charge in [0.1, 0.15) is 17.3 Å². The fourth-order valence-electron chi connectivity index (χ4n) is 3.20. The number of halogens is 1. The first-order chi connectivity index (χ1) is 16.1. The molecular weight excluding hydrogens is 440 g/mol. The summed E-state index contributed by atoms with van der Waals surface area (Å²) < 4.78 is 6.90. The smallest absolute Gasteiger partial charge is 0.255 e. The van der Waals surface area contributed by atoms with Gasteiger partial charge in [0, 0.05) is 17.8 Å². The van der Waals surface area contributed by atoms with E-state index in [0.717, 1.165) is 16.9 Å². The number of methoxy groups -OCH3 is 1. The fourth-order valence-corrected chi connectivity index (χ4v) is 3.32. The summed E-state index contributed by atoms with van der Waals surface area (Å²) in [5, 5.41) is 15.1. The maximum absolute atomic E-state index is 12.8. The third-order valence-electron chi connectivity index (χ3n) is 4.95. The maximum atomic E-state index is 12.8. The van der Waals surface area contributed by atoms with E-state index in [1.54, 1.807) is 30.1 Å². The number of hydrogen-bond acceptors (Lipinski definition) is 6. The number of amides is 1. The number of ether oxygens (including phenoxy) is 1. The average molecular weight is 463 g/mol. The van der Waals surface area contributed by atoms with Crippen molar-refractivity contribution in [2.24, 2.45) is 0 Å². The van der Waals surface area contributed by atoms with Gasteiger partial charge in [0.25, 0.3) is 5.91 Å². The van der Waals surface area contributed by atoms with E-state index in [1.807, 2.05) is 54.7 Å². The molecule has 0 spiro atoms. The number of pyridine rings is 1. The normalized spacial score (nSPS) is 10.6. The molecule has 0 aliphatic heterocycles. The van der Waals surface area contributed by atoms with E-state index >= 15 is 0 Å². The lowest BCUT2D eigenvalue weighted by atomic mass is 10.2. The van der Waals surface area contributed by atoms with Gasteiger partial charge in [-0.1, -0.05) is 41.1 Å². The van der Waals surface area contributed by atoms with Crippen molar-refractivity contribution in [3.05, 3.63) is 100 Å². The summed E-state index contributed by atoms with van der Waals surface area (Å²) in [6, 6.07) is 18.7. The van der Waals surface area contributed by atoms with E-state index in [-0.39, 0.29) is 12.5 Å². The van der Waals surface area contributed by atoms with Gasteiger partial charge in [-0.2, -0.15) is 0 Å². The highest BCUT2D eigenvalue weighted by Crippen LogP contribution is 2.15. The summed E-state index contributed by atoms with van der Waals surface area (Å²) in [6.07, 6.45) is 3.46. The highest BCUT2D eigenvalue weighted by Gasteiger charge is 2.13. The average Bonchev–Trinajstić information content (AvgIpc) is 3.30.